The molecule has 10 nitrogen and oxygen atoms in total. The van der Waals surface area contributed by atoms with E-state index in [1.807, 2.05) is 69.3 Å². The molecule has 3 rings (SSSR count). The largest absolute Gasteiger partial charge is 0.493 e. The lowest BCUT2D eigenvalue weighted by Gasteiger charge is -2.33. The Bertz CT molecular complexity index is 1270. The summed E-state index contributed by atoms with van der Waals surface area (Å²) in [6.45, 7) is 6.41. The number of rotatable bonds is 12. The monoisotopic (exact) mass is 535 g/mol. The maximum absolute atomic E-state index is 12.5. The number of carbonyl (C=O) groups excluding carboxylic acids is 1. The van der Waals surface area contributed by atoms with E-state index in [2.05, 4.69) is 20.6 Å². The molecule has 208 valence electrons. The maximum atomic E-state index is 12.5. The van der Waals surface area contributed by atoms with Gasteiger partial charge in [0.25, 0.3) is 0 Å². The second kappa shape index (κ2) is 13.5. The summed E-state index contributed by atoms with van der Waals surface area (Å²) in [7, 11) is 3.22. The van der Waals surface area contributed by atoms with Gasteiger partial charge in [-0.3, -0.25) is 4.79 Å². The zero-order valence-electron chi connectivity index (χ0n) is 23.2. The minimum atomic E-state index is -0.990. The van der Waals surface area contributed by atoms with Crippen LogP contribution in [0.15, 0.2) is 54.7 Å². The van der Waals surface area contributed by atoms with Crippen molar-refractivity contribution in [3.8, 4) is 22.8 Å². The molecular formula is C29H37N5O5. The molecule has 0 atom stereocenters. The lowest BCUT2D eigenvalue weighted by atomic mass is 10.1. The highest BCUT2D eigenvalue weighted by molar-refractivity contribution is 5.91. The number of nitrogens with one attached hydrogen (secondary N) is 2. The summed E-state index contributed by atoms with van der Waals surface area (Å²) in [5, 5.41) is 15.6. The van der Waals surface area contributed by atoms with Crippen molar-refractivity contribution in [1.29, 1.82) is 0 Å². The molecule has 39 heavy (non-hydrogen) atoms. The molecule has 1 aromatic heterocycles. The van der Waals surface area contributed by atoms with Gasteiger partial charge in [-0.1, -0.05) is 18.2 Å². The number of ether oxygens (including phenoxy) is 2. The van der Waals surface area contributed by atoms with E-state index in [0.29, 0.717) is 36.1 Å². The van der Waals surface area contributed by atoms with Crippen LogP contribution in [0.3, 0.4) is 0 Å². The average molecular weight is 536 g/mol. The highest BCUT2D eigenvalue weighted by Crippen LogP contribution is 2.28. The van der Waals surface area contributed by atoms with Crippen LogP contribution < -0.4 is 20.1 Å². The van der Waals surface area contributed by atoms with E-state index >= 15 is 0 Å². The number of hydrogen-bond donors (Lipinski definition) is 3. The van der Waals surface area contributed by atoms with Crippen molar-refractivity contribution in [3.63, 3.8) is 0 Å². The van der Waals surface area contributed by atoms with Crippen molar-refractivity contribution >= 4 is 23.6 Å². The first kappa shape index (κ1) is 29.2. The molecule has 0 spiro atoms. The van der Waals surface area contributed by atoms with Crippen LogP contribution >= 0.6 is 0 Å². The van der Waals surface area contributed by atoms with E-state index in [1.54, 1.807) is 20.4 Å². The number of carbonyl (C=O) groups is 2. The van der Waals surface area contributed by atoms with Gasteiger partial charge in [-0.25, -0.2) is 14.8 Å². The Morgan fingerprint density at radius 1 is 1.03 bits per heavy atom. The molecular weight excluding hydrogens is 498 g/mol. The number of nitrogens with zero attached hydrogens (tertiary/aromatic N) is 3. The summed E-state index contributed by atoms with van der Waals surface area (Å²) in [5.41, 5.74) is 2.77. The first-order valence-electron chi connectivity index (χ1n) is 12.8. The van der Waals surface area contributed by atoms with Crippen LogP contribution in [0.1, 0.15) is 39.2 Å². The molecule has 0 aliphatic heterocycles. The third-order valence-corrected chi connectivity index (χ3v) is 6.07. The van der Waals surface area contributed by atoms with Crippen molar-refractivity contribution in [2.24, 2.45) is 0 Å². The first-order chi connectivity index (χ1) is 18.6. The first-order valence-corrected chi connectivity index (χ1v) is 12.8. The Labute approximate surface area is 229 Å². The summed E-state index contributed by atoms with van der Waals surface area (Å²) < 4.78 is 10.7. The van der Waals surface area contributed by atoms with E-state index in [-0.39, 0.29) is 18.9 Å². The lowest BCUT2D eigenvalue weighted by molar-refractivity contribution is -0.116. The van der Waals surface area contributed by atoms with Gasteiger partial charge in [0.1, 0.15) is 0 Å². The maximum Gasteiger partial charge on any atom is 0.407 e. The van der Waals surface area contributed by atoms with Crippen molar-refractivity contribution in [1.82, 2.24) is 14.9 Å². The second-order valence-corrected chi connectivity index (χ2v) is 9.97. The molecule has 0 saturated carbocycles. The van der Waals surface area contributed by atoms with Crippen LogP contribution in [0, 0.1) is 0 Å². The Kier molecular flexibility index (Phi) is 10.1. The fourth-order valence-corrected chi connectivity index (χ4v) is 4.05. The number of aromatic nitrogens is 2. The summed E-state index contributed by atoms with van der Waals surface area (Å²) in [4.78, 5) is 34.3. The SMILES string of the molecule is COc1ccc(CCNc2nccc(-c3cccc(NC(=O)CCCN(C(=O)O)C(C)(C)C)c3)n2)cc1OC. The van der Waals surface area contributed by atoms with Crippen LogP contribution in [0.25, 0.3) is 11.3 Å². The summed E-state index contributed by atoms with van der Waals surface area (Å²) in [5.74, 6) is 1.71. The Morgan fingerprint density at radius 3 is 2.49 bits per heavy atom. The third-order valence-electron chi connectivity index (χ3n) is 6.07. The highest BCUT2D eigenvalue weighted by atomic mass is 16.5. The van der Waals surface area contributed by atoms with Gasteiger partial charge < -0.3 is 30.1 Å². The number of anilines is 2. The van der Waals surface area contributed by atoms with Crippen LogP contribution in [-0.2, 0) is 11.2 Å². The van der Waals surface area contributed by atoms with Crippen molar-refractivity contribution in [2.75, 3.05) is 37.9 Å². The van der Waals surface area contributed by atoms with Crippen molar-refractivity contribution < 1.29 is 24.2 Å². The van der Waals surface area contributed by atoms with Gasteiger partial charge in [-0.15, -0.1) is 0 Å². The topological polar surface area (TPSA) is 126 Å². The van der Waals surface area contributed by atoms with Crippen LogP contribution in [0.5, 0.6) is 11.5 Å². The van der Waals surface area contributed by atoms with Crippen molar-refractivity contribution in [3.05, 3.63) is 60.3 Å². The normalized spacial score (nSPS) is 11.0. The Balaban J connectivity index is 1.56. The number of methoxy groups -OCH3 is 2. The molecule has 2 amide bonds. The lowest BCUT2D eigenvalue weighted by Crippen LogP contribution is -2.45. The number of benzene rings is 2. The van der Waals surface area contributed by atoms with E-state index in [9.17, 15) is 14.7 Å². The molecule has 0 saturated heterocycles. The number of carboxylic acid groups (broad SMARTS) is 1. The van der Waals surface area contributed by atoms with E-state index < -0.39 is 11.6 Å². The van der Waals surface area contributed by atoms with Gasteiger partial charge in [0.15, 0.2) is 11.5 Å². The van der Waals surface area contributed by atoms with E-state index in [4.69, 9.17) is 9.47 Å². The standard InChI is InChI=1S/C29H37N5O5/c1-29(2,3)34(28(36)37)17-7-10-26(35)32-22-9-6-8-21(19-22)23-14-16-31-27(33-23)30-15-13-20-11-12-24(38-4)25(18-20)39-5/h6,8-9,11-12,14,16,18-19H,7,10,13,15,17H2,1-5H3,(H,32,35)(H,36,37)(H,30,31,33). The average Bonchev–Trinajstić information content (AvgIpc) is 2.90. The molecule has 0 aliphatic carbocycles. The van der Waals surface area contributed by atoms with Gasteiger partial charge in [-0.2, -0.15) is 0 Å². The second-order valence-electron chi connectivity index (χ2n) is 9.97. The van der Waals surface area contributed by atoms with Gasteiger partial charge in [-0.05, 0) is 69.5 Å². The molecule has 0 bridgehead atoms. The molecule has 10 heteroatoms. The molecule has 1 heterocycles. The van der Waals surface area contributed by atoms with Gasteiger partial charge in [0, 0.05) is 42.5 Å². The predicted molar refractivity (Wildman–Crippen MR) is 152 cm³/mol. The van der Waals surface area contributed by atoms with Crippen LogP contribution in [-0.4, -0.2) is 64.8 Å². The van der Waals surface area contributed by atoms with Crippen LogP contribution in [0.2, 0.25) is 0 Å². The fourth-order valence-electron chi connectivity index (χ4n) is 4.05. The van der Waals surface area contributed by atoms with Crippen molar-refractivity contribution in [2.45, 2.75) is 45.6 Å². The molecule has 0 unspecified atom stereocenters. The van der Waals surface area contributed by atoms with Gasteiger partial charge in [0.2, 0.25) is 11.9 Å². The Hall–Kier alpha value is -4.34. The van der Waals surface area contributed by atoms with Gasteiger partial charge in [0.05, 0.1) is 19.9 Å². The zero-order valence-corrected chi connectivity index (χ0v) is 23.2. The predicted octanol–water partition coefficient (Wildman–Crippen LogP) is 5.31. The molecule has 0 radical (unpaired) electrons. The molecule has 2 aromatic carbocycles. The molecule has 3 aromatic rings. The van der Waals surface area contributed by atoms with Crippen LogP contribution in [0.4, 0.5) is 16.4 Å². The zero-order chi connectivity index (χ0) is 28.4. The third kappa shape index (κ3) is 8.59. The molecule has 0 fully saturated rings. The minimum absolute atomic E-state index is 0.174. The molecule has 3 N–H and O–H groups in total. The number of hydrogen-bond acceptors (Lipinski definition) is 7. The van der Waals surface area contributed by atoms with Gasteiger partial charge >= 0.3 is 6.09 Å². The number of amides is 2. The molecule has 0 aliphatic rings. The van der Waals surface area contributed by atoms with E-state index in [1.165, 1.54) is 4.90 Å². The Morgan fingerprint density at radius 2 is 1.79 bits per heavy atom. The van der Waals surface area contributed by atoms with E-state index in [0.717, 1.165) is 23.2 Å². The quantitative estimate of drug-likeness (QED) is 0.285. The summed E-state index contributed by atoms with van der Waals surface area (Å²) in [6, 6.07) is 15.1. The highest BCUT2D eigenvalue weighted by Gasteiger charge is 2.25. The summed E-state index contributed by atoms with van der Waals surface area (Å²) >= 11 is 0. The fraction of sp³-hybridized carbons (Fsp3) is 0.379. The smallest absolute Gasteiger partial charge is 0.407 e. The summed E-state index contributed by atoms with van der Waals surface area (Å²) in [6.07, 6.45) is 2.09. The minimum Gasteiger partial charge on any atom is -0.493 e.